The van der Waals surface area contributed by atoms with Gasteiger partial charge >= 0.3 is 5.97 Å². The van der Waals surface area contributed by atoms with E-state index in [0.29, 0.717) is 6.42 Å². The Labute approximate surface area is 125 Å². The monoisotopic (exact) mass is 344 g/mol. The number of carbonyl (C=O) groups is 1. The van der Waals surface area contributed by atoms with Crippen LogP contribution in [0.1, 0.15) is 25.7 Å². The van der Waals surface area contributed by atoms with Gasteiger partial charge in [0, 0.05) is 10.7 Å². The number of hydrogen-bond donors (Lipinski definition) is 2. The van der Waals surface area contributed by atoms with Crippen LogP contribution in [-0.2, 0) is 4.79 Å². The first-order valence-corrected chi connectivity index (χ1v) is 8.07. The van der Waals surface area contributed by atoms with E-state index >= 15 is 0 Å². The Morgan fingerprint density at radius 2 is 2.42 bits per heavy atom. The highest BCUT2D eigenvalue weighted by atomic mass is 79.9. The molecule has 0 saturated heterocycles. The Morgan fingerprint density at radius 1 is 1.63 bits per heavy atom. The lowest BCUT2D eigenvalue weighted by atomic mass is 9.86. The molecule has 2 atom stereocenters. The lowest BCUT2D eigenvalue weighted by Crippen LogP contribution is -2.51. The topological polar surface area (TPSA) is 76.2 Å². The fourth-order valence-corrected chi connectivity index (χ4v) is 3.68. The summed E-state index contributed by atoms with van der Waals surface area (Å²) in [5, 5.41) is 10.2. The largest absolute Gasteiger partial charge is 0.480 e. The number of rotatable bonds is 5. The predicted molar refractivity (Wildman–Crippen MR) is 79.2 cm³/mol. The van der Waals surface area contributed by atoms with Crippen molar-refractivity contribution in [1.82, 2.24) is 4.98 Å². The van der Waals surface area contributed by atoms with Crippen molar-refractivity contribution >= 4 is 33.7 Å². The van der Waals surface area contributed by atoms with Crippen LogP contribution in [0.4, 0.5) is 0 Å². The maximum atomic E-state index is 11.3. The van der Waals surface area contributed by atoms with Gasteiger partial charge in [0.25, 0.3) is 0 Å². The number of carboxylic acid groups (broad SMARTS) is 1. The molecule has 2 unspecified atom stereocenters. The maximum Gasteiger partial charge on any atom is 0.323 e. The number of halogens is 1. The molecule has 0 amide bonds. The Bertz CT molecular complexity index is 454. The van der Waals surface area contributed by atoms with Crippen LogP contribution in [0, 0.1) is 5.92 Å². The summed E-state index contributed by atoms with van der Waals surface area (Å²) in [6, 6.07) is 3.91. The van der Waals surface area contributed by atoms with Crippen LogP contribution < -0.4 is 5.73 Å². The molecule has 1 saturated carbocycles. The third kappa shape index (κ3) is 3.49. The van der Waals surface area contributed by atoms with Gasteiger partial charge in [0.2, 0.25) is 0 Å². The molecule has 1 heterocycles. The predicted octanol–water partition coefficient (Wildman–Crippen LogP) is 2.91. The van der Waals surface area contributed by atoms with Crippen molar-refractivity contribution in [2.75, 3.05) is 5.75 Å². The van der Waals surface area contributed by atoms with E-state index in [0.717, 1.165) is 34.5 Å². The SMILES string of the molecule is NC1(C(=O)O)CCCC1CCSc1ccc(Br)cn1. The van der Waals surface area contributed by atoms with E-state index in [4.69, 9.17) is 5.73 Å². The van der Waals surface area contributed by atoms with Crippen LogP contribution in [0.15, 0.2) is 27.8 Å². The highest BCUT2D eigenvalue weighted by Gasteiger charge is 2.45. The second-order valence-electron chi connectivity index (χ2n) is 4.89. The Balaban J connectivity index is 1.85. The van der Waals surface area contributed by atoms with Crippen molar-refractivity contribution in [3.63, 3.8) is 0 Å². The van der Waals surface area contributed by atoms with Gasteiger partial charge < -0.3 is 10.8 Å². The van der Waals surface area contributed by atoms with Crippen molar-refractivity contribution in [1.29, 1.82) is 0 Å². The van der Waals surface area contributed by atoms with Crippen LogP contribution in [0.3, 0.4) is 0 Å². The first-order chi connectivity index (χ1) is 9.02. The molecule has 104 valence electrons. The summed E-state index contributed by atoms with van der Waals surface area (Å²) in [4.78, 5) is 15.5. The molecule has 1 aliphatic rings. The molecule has 0 aliphatic heterocycles. The molecule has 0 spiro atoms. The third-order valence-electron chi connectivity index (χ3n) is 3.69. The molecule has 6 heteroatoms. The van der Waals surface area contributed by atoms with Gasteiger partial charge in [0.1, 0.15) is 5.54 Å². The number of pyridine rings is 1. The summed E-state index contributed by atoms with van der Waals surface area (Å²) in [6.45, 7) is 0. The fraction of sp³-hybridized carbons (Fsp3) is 0.538. The van der Waals surface area contributed by atoms with E-state index in [1.807, 2.05) is 12.1 Å². The normalized spacial score (nSPS) is 26.5. The van der Waals surface area contributed by atoms with Crippen molar-refractivity contribution < 1.29 is 9.90 Å². The third-order valence-corrected chi connectivity index (χ3v) is 5.13. The maximum absolute atomic E-state index is 11.3. The molecule has 1 aromatic rings. The van der Waals surface area contributed by atoms with Crippen LogP contribution >= 0.6 is 27.7 Å². The highest BCUT2D eigenvalue weighted by molar-refractivity contribution is 9.10. The zero-order chi connectivity index (χ0) is 13.9. The molecule has 0 bridgehead atoms. The van der Waals surface area contributed by atoms with E-state index in [2.05, 4.69) is 20.9 Å². The molecule has 3 N–H and O–H groups in total. The minimum Gasteiger partial charge on any atom is -0.480 e. The van der Waals surface area contributed by atoms with Gasteiger partial charge in [-0.15, -0.1) is 11.8 Å². The molecular formula is C13H17BrN2O2S. The number of nitrogens with zero attached hydrogens (tertiary/aromatic N) is 1. The van der Waals surface area contributed by atoms with Crippen molar-refractivity contribution in [2.45, 2.75) is 36.2 Å². The number of thioether (sulfide) groups is 1. The fourth-order valence-electron chi connectivity index (χ4n) is 2.54. The molecule has 19 heavy (non-hydrogen) atoms. The number of aromatic nitrogens is 1. The molecule has 1 aliphatic carbocycles. The first-order valence-electron chi connectivity index (χ1n) is 6.29. The minimum absolute atomic E-state index is 0.0768. The molecule has 1 fully saturated rings. The van der Waals surface area contributed by atoms with Gasteiger partial charge in [0.15, 0.2) is 0 Å². The van der Waals surface area contributed by atoms with E-state index in [1.165, 1.54) is 0 Å². The van der Waals surface area contributed by atoms with Crippen LogP contribution in [0.2, 0.25) is 0 Å². The smallest absolute Gasteiger partial charge is 0.323 e. The Kier molecular flexibility index (Phi) is 4.86. The average Bonchev–Trinajstić information content (AvgIpc) is 2.75. The van der Waals surface area contributed by atoms with Crippen molar-refractivity contribution in [3.05, 3.63) is 22.8 Å². The van der Waals surface area contributed by atoms with Gasteiger partial charge in [-0.3, -0.25) is 4.79 Å². The van der Waals surface area contributed by atoms with E-state index in [9.17, 15) is 9.90 Å². The lowest BCUT2D eigenvalue weighted by Gasteiger charge is -2.26. The summed E-state index contributed by atoms with van der Waals surface area (Å²) in [6.07, 6.45) is 5.01. The first kappa shape index (κ1) is 14.8. The zero-order valence-corrected chi connectivity index (χ0v) is 12.9. The van der Waals surface area contributed by atoms with E-state index < -0.39 is 11.5 Å². The molecule has 0 radical (unpaired) electrons. The lowest BCUT2D eigenvalue weighted by molar-refractivity contribution is -0.144. The van der Waals surface area contributed by atoms with E-state index in [-0.39, 0.29) is 5.92 Å². The van der Waals surface area contributed by atoms with E-state index in [1.54, 1.807) is 18.0 Å². The number of aliphatic carboxylic acids is 1. The quantitative estimate of drug-likeness (QED) is 0.803. The standard InChI is InChI=1S/C13H17BrN2O2S/c14-10-3-4-11(16-8-10)19-7-5-9-2-1-6-13(9,15)12(17)18/h3-4,8-9H,1-2,5-7,15H2,(H,17,18). The number of carboxylic acids is 1. The van der Waals surface area contributed by atoms with Crippen molar-refractivity contribution in [2.24, 2.45) is 11.7 Å². The average molecular weight is 345 g/mol. The van der Waals surface area contributed by atoms with Gasteiger partial charge in [-0.2, -0.15) is 0 Å². The van der Waals surface area contributed by atoms with Gasteiger partial charge in [0.05, 0.1) is 5.03 Å². The van der Waals surface area contributed by atoms with Crippen molar-refractivity contribution in [3.8, 4) is 0 Å². The van der Waals surface area contributed by atoms with Crippen LogP contribution in [0.25, 0.3) is 0 Å². The minimum atomic E-state index is -1.02. The summed E-state index contributed by atoms with van der Waals surface area (Å²) in [7, 11) is 0. The number of hydrogen-bond acceptors (Lipinski definition) is 4. The Hall–Kier alpha value is -0.590. The van der Waals surface area contributed by atoms with Crippen LogP contribution in [-0.4, -0.2) is 27.4 Å². The van der Waals surface area contributed by atoms with Gasteiger partial charge in [-0.25, -0.2) is 4.98 Å². The molecule has 0 aromatic carbocycles. The highest BCUT2D eigenvalue weighted by Crippen LogP contribution is 2.37. The zero-order valence-electron chi connectivity index (χ0n) is 10.5. The summed E-state index contributed by atoms with van der Waals surface area (Å²) in [5.74, 6) is 0.0700. The Morgan fingerprint density at radius 3 is 3.05 bits per heavy atom. The molecule has 4 nitrogen and oxygen atoms in total. The molecular weight excluding hydrogens is 328 g/mol. The van der Waals surface area contributed by atoms with Crippen LogP contribution in [0.5, 0.6) is 0 Å². The molecule has 2 rings (SSSR count). The molecule has 1 aromatic heterocycles. The van der Waals surface area contributed by atoms with Gasteiger partial charge in [-0.1, -0.05) is 6.42 Å². The second kappa shape index (κ2) is 6.24. The number of nitrogens with two attached hydrogens (primary N) is 1. The van der Waals surface area contributed by atoms with Gasteiger partial charge in [-0.05, 0) is 59.0 Å². The summed E-state index contributed by atoms with van der Waals surface area (Å²) < 4.78 is 0.958. The summed E-state index contributed by atoms with van der Waals surface area (Å²) in [5.41, 5.74) is 4.99. The second-order valence-corrected chi connectivity index (χ2v) is 6.92. The summed E-state index contributed by atoms with van der Waals surface area (Å²) >= 11 is 4.99.